The normalized spacial score (nSPS) is 11.7. The minimum absolute atomic E-state index is 0.0177. The lowest BCUT2D eigenvalue weighted by atomic mass is 10.2. The smallest absolute Gasteiger partial charge is 0.410 e. The van der Waals surface area contributed by atoms with Gasteiger partial charge in [-0.25, -0.2) is 4.79 Å². The van der Waals surface area contributed by atoms with Crippen LogP contribution in [0.3, 0.4) is 0 Å². The van der Waals surface area contributed by atoms with E-state index in [1.54, 1.807) is 22.8 Å². The van der Waals surface area contributed by atoms with Crippen molar-refractivity contribution in [2.45, 2.75) is 52.8 Å². The maximum absolute atomic E-state index is 12.2. The van der Waals surface area contributed by atoms with E-state index in [9.17, 15) is 4.79 Å². The maximum atomic E-state index is 12.2. The standard InChI is InChI=1S/C13H24N4O2/c1-9(2)17(12(18)19-13(3,4)5)8-11-10(14)7-15-16(11)6/h7,9H,8,14H2,1-6H3. The van der Waals surface area contributed by atoms with Gasteiger partial charge >= 0.3 is 6.09 Å². The van der Waals surface area contributed by atoms with Gasteiger partial charge in [-0.3, -0.25) is 9.58 Å². The fourth-order valence-electron chi connectivity index (χ4n) is 1.61. The number of carbonyl (C=O) groups excluding carboxylic acids is 1. The van der Waals surface area contributed by atoms with E-state index in [2.05, 4.69) is 5.10 Å². The third-order valence-electron chi connectivity index (χ3n) is 2.67. The SMILES string of the molecule is CC(C)N(Cc1c(N)cnn1C)C(=O)OC(C)(C)C. The van der Waals surface area contributed by atoms with Crippen molar-refractivity contribution >= 4 is 11.8 Å². The summed E-state index contributed by atoms with van der Waals surface area (Å²) in [5.41, 5.74) is 6.73. The molecule has 0 radical (unpaired) electrons. The Balaban J connectivity index is 2.88. The Hall–Kier alpha value is -1.72. The van der Waals surface area contributed by atoms with Crippen LogP contribution in [0.5, 0.6) is 0 Å². The first-order valence-corrected chi connectivity index (χ1v) is 6.38. The number of nitrogens with two attached hydrogens (primary N) is 1. The molecule has 1 heterocycles. The van der Waals surface area contributed by atoms with Crippen LogP contribution in [0.1, 0.15) is 40.3 Å². The Labute approximate surface area is 114 Å². The Bertz CT molecular complexity index is 426. The number of rotatable bonds is 3. The summed E-state index contributed by atoms with van der Waals surface area (Å²) < 4.78 is 7.08. The monoisotopic (exact) mass is 268 g/mol. The lowest BCUT2D eigenvalue weighted by Crippen LogP contribution is -2.41. The molecule has 0 atom stereocenters. The number of aromatic nitrogens is 2. The first-order valence-electron chi connectivity index (χ1n) is 6.38. The average molecular weight is 268 g/mol. The van der Waals surface area contributed by atoms with Crippen molar-refractivity contribution in [1.29, 1.82) is 0 Å². The third kappa shape index (κ3) is 4.15. The first kappa shape index (κ1) is 15.3. The van der Waals surface area contributed by atoms with E-state index in [0.717, 1.165) is 5.69 Å². The van der Waals surface area contributed by atoms with Crippen LogP contribution in [-0.2, 0) is 18.3 Å². The van der Waals surface area contributed by atoms with Crippen LogP contribution in [0.25, 0.3) is 0 Å². The largest absolute Gasteiger partial charge is 0.444 e. The lowest BCUT2D eigenvalue weighted by Gasteiger charge is -2.30. The molecule has 6 heteroatoms. The molecule has 1 amide bonds. The maximum Gasteiger partial charge on any atom is 0.410 e. The van der Waals surface area contributed by atoms with Gasteiger partial charge in [0.2, 0.25) is 0 Å². The van der Waals surface area contributed by atoms with Crippen LogP contribution in [0.4, 0.5) is 10.5 Å². The van der Waals surface area contributed by atoms with E-state index in [1.165, 1.54) is 0 Å². The molecule has 19 heavy (non-hydrogen) atoms. The molecule has 0 bridgehead atoms. The van der Waals surface area contributed by atoms with Crippen molar-refractivity contribution in [3.63, 3.8) is 0 Å². The molecule has 0 aliphatic heterocycles. The van der Waals surface area contributed by atoms with Crippen molar-refractivity contribution in [2.24, 2.45) is 7.05 Å². The minimum Gasteiger partial charge on any atom is -0.444 e. The van der Waals surface area contributed by atoms with Crippen LogP contribution in [0.2, 0.25) is 0 Å². The summed E-state index contributed by atoms with van der Waals surface area (Å²) in [6.07, 6.45) is 1.24. The van der Waals surface area contributed by atoms with Gasteiger partial charge in [0.05, 0.1) is 24.1 Å². The number of anilines is 1. The van der Waals surface area contributed by atoms with E-state index in [-0.39, 0.29) is 12.1 Å². The summed E-state index contributed by atoms with van der Waals surface area (Å²) in [7, 11) is 1.80. The summed E-state index contributed by atoms with van der Waals surface area (Å²) in [5, 5.41) is 4.08. The van der Waals surface area contributed by atoms with E-state index in [4.69, 9.17) is 10.5 Å². The molecule has 1 aromatic heterocycles. The minimum atomic E-state index is -0.512. The van der Waals surface area contributed by atoms with E-state index >= 15 is 0 Å². The molecule has 0 fully saturated rings. The summed E-state index contributed by atoms with van der Waals surface area (Å²) in [5.74, 6) is 0. The first-order chi connectivity index (χ1) is 8.61. The van der Waals surface area contributed by atoms with E-state index in [0.29, 0.717) is 12.2 Å². The fraction of sp³-hybridized carbons (Fsp3) is 0.692. The zero-order valence-electron chi connectivity index (χ0n) is 12.6. The molecule has 0 unspecified atom stereocenters. The second-order valence-electron chi connectivity index (χ2n) is 5.87. The Morgan fingerprint density at radius 1 is 1.53 bits per heavy atom. The molecule has 0 aliphatic carbocycles. The van der Waals surface area contributed by atoms with Gasteiger partial charge in [-0.15, -0.1) is 0 Å². The average Bonchev–Trinajstić information content (AvgIpc) is 2.52. The zero-order valence-corrected chi connectivity index (χ0v) is 12.6. The molecule has 0 saturated heterocycles. The number of ether oxygens (including phenoxy) is 1. The van der Waals surface area contributed by atoms with Crippen molar-refractivity contribution in [1.82, 2.24) is 14.7 Å². The van der Waals surface area contributed by atoms with Crippen LogP contribution >= 0.6 is 0 Å². The fourth-order valence-corrected chi connectivity index (χ4v) is 1.61. The summed E-state index contributed by atoms with van der Waals surface area (Å²) in [4.78, 5) is 13.8. The topological polar surface area (TPSA) is 73.4 Å². The van der Waals surface area contributed by atoms with Gasteiger partial charge in [-0.2, -0.15) is 5.10 Å². The predicted octanol–water partition coefficient (Wildman–Crippen LogP) is 2.15. The number of nitrogens with zero attached hydrogens (tertiary/aromatic N) is 3. The number of hydrogen-bond donors (Lipinski definition) is 1. The van der Waals surface area contributed by atoms with Crippen molar-refractivity contribution < 1.29 is 9.53 Å². The van der Waals surface area contributed by atoms with Crippen molar-refractivity contribution in [3.8, 4) is 0 Å². The quantitative estimate of drug-likeness (QED) is 0.911. The van der Waals surface area contributed by atoms with Crippen molar-refractivity contribution in [3.05, 3.63) is 11.9 Å². The van der Waals surface area contributed by atoms with E-state index < -0.39 is 5.60 Å². The van der Waals surface area contributed by atoms with E-state index in [1.807, 2.05) is 34.6 Å². The van der Waals surface area contributed by atoms with Crippen LogP contribution < -0.4 is 5.73 Å². The second kappa shape index (κ2) is 5.50. The highest BCUT2D eigenvalue weighted by Gasteiger charge is 2.25. The molecule has 2 N–H and O–H groups in total. The lowest BCUT2D eigenvalue weighted by molar-refractivity contribution is 0.0168. The number of aryl methyl sites for hydroxylation is 1. The Morgan fingerprint density at radius 3 is 2.47 bits per heavy atom. The van der Waals surface area contributed by atoms with Gasteiger partial charge < -0.3 is 10.5 Å². The summed E-state index contributed by atoms with van der Waals surface area (Å²) in [6, 6.07) is 0.0177. The Kier molecular flexibility index (Phi) is 4.44. The summed E-state index contributed by atoms with van der Waals surface area (Å²) >= 11 is 0. The van der Waals surface area contributed by atoms with Gasteiger partial charge in [0.25, 0.3) is 0 Å². The van der Waals surface area contributed by atoms with Gasteiger partial charge in [0.1, 0.15) is 5.60 Å². The number of hydrogen-bond acceptors (Lipinski definition) is 4. The van der Waals surface area contributed by atoms with Crippen molar-refractivity contribution in [2.75, 3.05) is 5.73 Å². The molecule has 0 aromatic carbocycles. The Morgan fingerprint density at radius 2 is 2.11 bits per heavy atom. The molecule has 0 aliphatic rings. The molecule has 1 aromatic rings. The molecular weight excluding hydrogens is 244 g/mol. The molecule has 0 spiro atoms. The molecule has 6 nitrogen and oxygen atoms in total. The molecule has 1 rings (SSSR count). The highest BCUT2D eigenvalue weighted by molar-refractivity contribution is 5.68. The second-order valence-corrected chi connectivity index (χ2v) is 5.87. The number of carbonyl (C=O) groups is 1. The third-order valence-corrected chi connectivity index (χ3v) is 2.67. The van der Waals surface area contributed by atoms with Gasteiger partial charge in [-0.05, 0) is 34.6 Å². The number of amides is 1. The van der Waals surface area contributed by atoms with Gasteiger partial charge in [0, 0.05) is 13.1 Å². The highest BCUT2D eigenvalue weighted by atomic mass is 16.6. The van der Waals surface area contributed by atoms with Gasteiger partial charge in [-0.1, -0.05) is 0 Å². The molecule has 108 valence electrons. The molecule has 0 saturated carbocycles. The number of nitrogen functional groups attached to an aromatic ring is 1. The van der Waals surface area contributed by atoms with Gasteiger partial charge in [0.15, 0.2) is 0 Å². The van der Waals surface area contributed by atoms with Crippen LogP contribution in [0, 0.1) is 0 Å². The molecular formula is C13H24N4O2. The summed E-state index contributed by atoms with van der Waals surface area (Å²) in [6.45, 7) is 9.81. The zero-order chi connectivity index (χ0) is 14.8. The van der Waals surface area contributed by atoms with Crippen LogP contribution in [-0.4, -0.2) is 32.4 Å². The predicted molar refractivity (Wildman–Crippen MR) is 74.5 cm³/mol. The van der Waals surface area contributed by atoms with Crippen LogP contribution in [0.15, 0.2) is 6.20 Å². The highest BCUT2D eigenvalue weighted by Crippen LogP contribution is 2.17.